The fourth-order valence-corrected chi connectivity index (χ4v) is 4.28. The summed E-state index contributed by atoms with van der Waals surface area (Å²) in [6.07, 6.45) is 1.02. The molecule has 0 aliphatic carbocycles. The molecular formula is C20H25ClN2O6S. The summed E-state index contributed by atoms with van der Waals surface area (Å²) in [5, 5.41) is 3.06. The zero-order valence-corrected chi connectivity index (χ0v) is 19.0. The molecule has 2 aromatic rings. The Balaban J connectivity index is 2.26. The number of carbonyl (C=O) groups excluding carboxylic acids is 1. The van der Waals surface area contributed by atoms with E-state index in [1.807, 2.05) is 0 Å². The van der Waals surface area contributed by atoms with E-state index in [4.69, 9.17) is 25.8 Å². The molecule has 2 rings (SSSR count). The van der Waals surface area contributed by atoms with Gasteiger partial charge in [0.25, 0.3) is 0 Å². The van der Waals surface area contributed by atoms with Crippen LogP contribution in [0.4, 0.5) is 5.69 Å². The lowest BCUT2D eigenvalue weighted by Crippen LogP contribution is -2.47. The number of ether oxygens (including phenoxy) is 3. The summed E-state index contributed by atoms with van der Waals surface area (Å²) >= 11 is 6.05. The van der Waals surface area contributed by atoms with Crippen LogP contribution in [0.2, 0.25) is 5.02 Å². The van der Waals surface area contributed by atoms with Crippen LogP contribution in [0.15, 0.2) is 36.4 Å². The third-order valence-corrected chi connectivity index (χ3v) is 5.84. The maximum Gasteiger partial charge on any atom is 0.243 e. The van der Waals surface area contributed by atoms with Crippen molar-refractivity contribution in [1.82, 2.24) is 5.32 Å². The summed E-state index contributed by atoms with van der Waals surface area (Å²) < 4.78 is 41.7. The number of methoxy groups -OCH3 is 3. The van der Waals surface area contributed by atoms with Gasteiger partial charge in [0, 0.05) is 11.6 Å². The van der Waals surface area contributed by atoms with Crippen molar-refractivity contribution in [3.8, 4) is 17.2 Å². The molecule has 0 aromatic heterocycles. The molecule has 0 radical (unpaired) electrons. The van der Waals surface area contributed by atoms with Crippen molar-refractivity contribution < 1.29 is 27.4 Å². The van der Waals surface area contributed by atoms with Gasteiger partial charge in [0.15, 0.2) is 11.5 Å². The zero-order valence-electron chi connectivity index (χ0n) is 17.4. The van der Waals surface area contributed by atoms with Crippen molar-refractivity contribution in [2.24, 2.45) is 0 Å². The second kappa shape index (κ2) is 9.90. The summed E-state index contributed by atoms with van der Waals surface area (Å²) in [6, 6.07) is 8.75. The molecule has 0 saturated heterocycles. The minimum absolute atomic E-state index is 0.174. The number of benzene rings is 2. The highest BCUT2D eigenvalue weighted by Crippen LogP contribution is 2.34. The Labute approximate surface area is 181 Å². The van der Waals surface area contributed by atoms with Crippen molar-refractivity contribution in [3.63, 3.8) is 0 Å². The number of halogens is 1. The summed E-state index contributed by atoms with van der Waals surface area (Å²) in [5.41, 5.74) is 0.945. The van der Waals surface area contributed by atoms with Crippen molar-refractivity contribution >= 4 is 33.2 Å². The van der Waals surface area contributed by atoms with Crippen molar-refractivity contribution in [3.05, 3.63) is 47.0 Å². The Hall–Kier alpha value is -2.65. The van der Waals surface area contributed by atoms with Crippen molar-refractivity contribution in [2.45, 2.75) is 19.5 Å². The summed E-state index contributed by atoms with van der Waals surface area (Å²) in [6.45, 7) is 1.67. The van der Waals surface area contributed by atoms with Crippen LogP contribution in [0.1, 0.15) is 12.5 Å². The molecular weight excluding hydrogens is 432 g/mol. The van der Waals surface area contributed by atoms with E-state index in [2.05, 4.69) is 5.32 Å². The van der Waals surface area contributed by atoms with Crippen LogP contribution >= 0.6 is 11.6 Å². The van der Waals surface area contributed by atoms with Gasteiger partial charge in [0.2, 0.25) is 15.9 Å². The third kappa shape index (κ3) is 5.48. The van der Waals surface area contributed by atoms with Crippen LogP contribution in [-0.4, -0.2) is 48.0 Å². The summed E-state index contributed by atoms with van der Waals surface area (Å²) in [4.78, 5) is 12.8. The minimum atomic E-state index is -3.82. The van der Waals surface area contributed by atoms with Crippen LogP contribution in [0.25, 0.3) is 0 Å². The Morgan fingerprint density at radius 1 is 1.03 bits per heavy atom. The Morgan fingerprint density at radius 3 is 2.20 bits per heavy atom. The molecule has 30 heavy (non-hydrogen) atoms. The standard InChI is InChI=1S/C20H25ClN2O6S/c1-13(20(24)22-12-14-6-8-18(28-3)19(10-14)29-4)23(30(5,25)26)16-11-15(21)7-9-17(16)27-2/h6-11,13H,12H2,1-5H3,(H,22,24). The lowest BCUT2D eigenvalue weighted by Gasteiger charge is -2.29. The Kier molecular flexibility index (Phi) is 7.80. The van der Waals surface area contributed by atoms with Gasteiger partial charge in [-0.3, -0.25) is 9.10 Å². The second-order valence-corrected chi connectivity index (χ2v) is 8.75. The normalized spacial score (nSPS) is 12.1. The predicted molar refractivity (Wildman–Crippen MR) is 116 cm³/mol. The van der Waals surface area contributed by atoms with E-state index in [0.717, 1.165) is 16.1 Å². The summed E-state index contributed by atoms with van der Waals surface area (Å²) in [7, 11) is 0.646. The van der Waals surface area contributed by atoms with Crippen molar-refractivity contribution in [2.75, 3.05) is 31.9 Å². The van der Waals surface area contributed by atoms with Gasteiger partial charge in [0.05, 0.1) is 33.3 Å². The number of hydrogen-bond donors (Lipinski definition) is 1. The molecule has 8 nitrogen and oxygen atoms in total. The zero-order chi connectivity index (χ0) is 22.5. The minimum Gasteiger partial charge on any atom is -0.495 e. The quantitative estimate of drug-likeness (QED) is 0.623. The lowest BCUT2D eigenvalue weighted by atomic mass is 10.2. The maximum absolute atomic E-state index is 12.8. The van der Waals surface area contributed by atoms with Gasteiger partial charge in [-0.2, -0.15) is 0 Å². The van der Waals surface area contributed by atoms with Gasteiger partial charge >= 0.3 is 0 Å². The van der Waals surface area contributed by atoms with Crippen LogP contribution in [0, 0.1) is 0 Å². The molecule has 0 aliphatic heterocycles. The second-order valence-electron chi connectivity index (χ2n) is 6.46. The molecule has 10 heteroatoms. The van der Waals surface area contributed by atoms with Gasteiger partial charge in [-0.05, 0) is 42.8 Å². The van der Waals surface area contributed by atoms with E-state index in [1.165, 1.54) is 34.3 Å². The average Bonchev–Trinajstić information content (AvgIpc) is 2.70. The first-order valence-electron chi connectivity index (χ1n) is 8.94. The molecule has 1 N–H and O–H groups in total. The number of nitrogens with one attached hydrogen (secondary N) is 1. The Bertz CT molecular complexity index is 1010. The summed E-state index contributed by atoms with van der Waals surface area (Å²) in [5.74, 6) is 0.887. The number of sulfonamides is 1. The van der Waals surface area contributed by atoms with Gasteiger partial charge in [-0.15, -0.1) is 0 Å². The van der Waals surface area contributed by atoms with Gasteiger partial charge in [-0.25, -0.2) is 8.42 Å². The molecule has 2 aromatic carbocycles. The first kappa shape index (κ1) is 23.6. The highest BCUT2D eigenvalue weighted by molar-refractivity contribution is 7.92. The van der Waals surface area contributed by atoms with Crippen LogP contribution in [-0.2, 0) is 21.4 Å². The maximum atomic E-state index is 12.8. The number of hydrogen-bond acceptors (Lipinski definition) is 6. The largest absolute Gasteiger partial charge is 0.495 e. The smallest absolute Gasteiger partial charge is 0.243 e. The van der Waals surface area contributed by atoms with E-state index in [0.29, 0.717) is 16.5 Å². The topological polar surface area (TPSA) is 94.2 Å². The molecule has 0 aliphatic rings. The van der Waals surface area contributed by atoms with E-state index < -0.39 is 22.0 Å². The molecule has 0 spiro atoms. The number of rotatable bonds is 9. The molecule has 0 saturated carbocycles. The molecule has 0 fully saturated rings. The fraction of sp³-hybridized carbons (Fsp3) is 0.350. The van der Waals surface area contributed by atoms with E-state index >= 15 is 0 Å². The van der Waals surface area contributed by atoms with Gasteiger partial charge < -0.3 is 19.5 Å². The molecule has 0 bridgehead atoms. The van der Waals surface area contributed by atoms with E-state index in [1.54, 1.807) is 30.3 Å². The monoisotopic (exact) mass is 456 g/mol. The number of carbonyl (C=O) groups is 1. The van der Waals surface area contributed by atoms with Gasteiger partial charge in [0.1, 0.15) is 11.8 Å². The molecule has 164 valence electrons. The molecule has 1 amide bonds. The highest BCUT2D eigenvalue weighted by atomic mass is 35.5. The molecule has 1 atom stereocenters. The highest BCUT2D eigenvalue weighted by Gasteiger charge is 2.31. The number of anilines is 1. The van der Waals surface area contributed by atoms with Gasteiger partial charge in [-0.1, -0.05) is 17.7 Å². The fourth-order valence-electron chi connectivity index (χ4n) is 2.94. The van der Waals surface area contributed by atoms with E-state index in [-0.39, 0.29) is 18.0 Å². The van der Waals surface area contributed by atoms with Crippen LogP contribution < -0.4 is 23.8 Å². The van der Waals surface area contributed by atoms with Crippen LogP contribution in [0.3, 0.4) is 0 Å². The molecule has 1 unspecified atom stereocenters. The first-order valence-corrected chi connectivity index (χ1v) is 11.2. The predicted octanol–water partition coefficient (Wildman–Crippen LogP) is 2.84. The number of amides is 1. The average molecular weight is 457 g/mol. The Morgan fingerprint density at radius 2 is 1.63 bits per heavy atom. The van der Waals surface area contributed by atoms with Crippen LogP contribution in [0.5, 0.6) is 17.2 Å². The lowest BCUT2D eigenvalue weighted by molar-refractivity contribution is -0.122. The first-order chi connectivity index (χ1) is 14.1. The SMILES string of the molecule is COc1ccc(CNC(=O)C(C)N(c2cc(Cl)ccc2OC)S(C)(=O)=O)cc1OC. The number of nitrogens with zero attached hydrogens (tertiary/aromatic N) is 1. The third-order valence-electron chi connectivity index (χ3n) is 4.38. The van der Waals surface area contributed by atoms with Crippen molar-refractivity contribution in [1.29, 1.82) is 0 Å². The van der Waals surface area contributed by atoms with E-state index in [9.17, 15) is 13.2 Å². The molecule has 0 heterocycles.